The van der Waals surface area contributed by atoms with E-state index in [-0.39, 0.29) is 24.1 Å². The van der Waals surface area contributed by atoms with E-state index >= 15 is 0 Å². The molecular formula is C22H32ClN3O2. The highest BCUT2D eigenvalue weighted by atomic mass is 35.5. The monoisotopic (exact) mass is 405 g/mol. The molecule has 0 bridgehead atoms. The van der Waals surface area contributed by atoms with E-state index in [0.29, 0.717) is 5.91 Å². The van der Waals surface area contributed by atoms with E-state index in [9.17, 15) is 9.59 Å². The number of halogens is 1. The lowest BCUT2D eigenvalue weighted by Crippen LogP contribution is -2.43. The molecule has 0 radical (unpaired) electrons. The van der Waals surface area contributed by atoms with Crippen LogP contribution in [0.25, 0.3) is 0 Å². The first-order valence-corrected chi connectivity index (χ1v) is 10.5. The Kier molecular flexibility index (Phi) is 7.00. The zero-order valence-electron chi connectivity index (χ0n) is 16.8. The van der Waals surface area contributed by atoms with Crippen molar-refractivity contribution in [2.75, 3.05) is 44.2 Å². The van der Waals surface area contributed by atoms with Crippen molar-refractivity contribution in [3.05, 3.63) is 29.8 Å². The summed E-state index contributed by atoms with van der Waals surface area (Å²) in [6.07, 6.45) is 6.08. The molecule has 1 amide bonds. The molecule has 1 aromatic rings. The Hall–Kier alpha value is -1.59. The second-order valence-electron chi connectivity index (χ2n) is 8.33. The number of hydrogen-bond donors (Lipinski definition) is 0. The molecule has 6 heteroatoms. The van der Waals surface area contributed by atoms with Gasteiger partial charge in [0.15, 0.2) is 5.78 Å². The van der Waals surface area contributed by atoms with Crippen molar-refractivity contribution in [3.63, 3.8) is 0 Å². The zero-order chi connectivity index (χ0) is 18.8. The minimum Gasteiger partial charge on any atom is -0.371 e. The smallest absolute Gasteiger partial charge is 0.227 e. The van der Waals surface area contributed by atoms with Crippen LogP contribution in [0.5, 0.6) is 0 Å². The summed E-state index contributed by atoms with van der Waals surface area (Å²) in [5, 5.41) is 0. The third-order valence-electron chi connectivity index (χ3n) is 6.61. The summed E-state index contributed by atoms with van der Waals surface area (Å²) in [6.45, 7) is 7.28. The first kappa shape index (κ1) is 21.1. The van der Waals surface area contributed by atoms with Gasteiger partial charge in [0.05, 0.1) is 5.92 Å². The lowest BCUT2D eigenvalue weighted by molar-refractivity contribution is -0.134. The fourth-order valence-corrected chi connectivity index (χ4v) is 4.64. The number of amides is 1. The van der Waals surface area contributed by atoms with Gasteiger partial charge in [-0.25, -0.2) is 0 Å². The minimum absolute atomic E-state index is 0. The second-order valence-corrected chi connectivity index (χ2v) is 8.33. The van der Waals surface area contributed by atoms with E-state index in [1.54, 1.807) is 6.92 Å². The molecule has 28 heavy (non-hydrogen) atoms. The van der Waals surface area contributed by atoms with Gasteiger partial charge in [-0.15, -0.1) is 12.4 Å². The highest BCUT2D eigenvalue weighted by molar-refractivity contribution is 5.94. The Morgan fingerprint density at radius 3 is 2.29 bits per heavy atom. The quantitative estimate of drug-likeness (QED) is 0.721. The predicted octanol–water partition coefficient (Wildman–Crippen LogP) is 3.22. The van der Waals surface area contributed by atoms with Crippen LogP contribution in [0.2, 0.25) is 0 Å². The summed E-state index contributed by atoms with van der Waals surface area (Å²) in [5.74, 6) is 0.536. The number of nitrogens with zero attached hydrogens (tertiary/aromatic N) is 3. The normalized spacial score (nSPS) is 23.7. The molecule has 0 spiro atoms. The molecule has 5 nitrogen and oxygen atoms in total. The van der Waals surface area contributed by atoms with E-state index in [1.807, 2.05) is 24.3 Å². The Morgan fingerprint density at radius 1 is 0.893 bits per heavy atom. The van der Waals surface area contributed by atoms with E-state index in [4.69, 9.17) is 0 Å². The van der Waals surface area contributed by atoms with Crippen LogP contribution in [-0.2, 0) is 4.79 Å². The average molecular weight is 406 g/mol. The topological polar surface area (TPSA) is 43.9 Å². The Labute approximate surface area is 174 Å². The molecular weight excluding hydrogens is 374 g/mol. The van der Waals surface area contributed by atoms with Gasteiger partial charge in [0.1, 0.15) is 0 Å². The number of anilines is 1. The molecule has 154 valence electrons. The molecule has 1 saturated carbocycles. The van der Waals surface area contributed by atoms with Crippen LogP contribution in [0, 0.1) is 5.92 Å². The van der Waals surface area contributed by atoms with Crippen LogP contribution < -0.4 is 4.90 Å². The van der Waals surface area contributed by atoms with Crippen LogP contribution in [0.4, 0.5) is 5.69 Å². The lowest BCUT2D eigenvalue weighted by atomic mass is 9.91. The minimum atomic E-state index is 0. The summed E-state index contributed by atoms with van der Waals surface area (Å²) in [6, 6.07) is 8.56. The highest BCUT2D eigenvalue weighted by Crippen LogP contribution is 2.28. The maximum atomic E-state index is 13.1. The SMILES string of the molecule is CC(=O)c1ccc(N2CC[C@H](C(=O)N3CCCN(C4CCC4)CC3)C2)cc1.Cl. The van der Waals surface area contributed by atoms with Gasteiger partial charge in [0.25, 0.3) is 0 Å². The molecule has 2 saturated heterocycles. The number of hydrogen-bond acceptors (Lipinski definition) is 4. The maximum absolute atomic E-state index is 13.1. The third kappa shape index (κ3) is 4.52. The van der Waals surface area contributed by atoms with Crippen molar-refractivity contribution in [1.29, 1.82) is 0 Å². The van der Waals surface area contributed by atoms with Crippen molar-refractivity contribution in [2.24, 2.45) is 5.92 Å². The number of rotatable bonds is 4. The lowest BCUT2D eigenvalue weighted by Gasteiger charge is -2.36. The fourth-order valence-electron chi connectivity index (χ4n) is 4.64. The summed E-state index contributed by atoms with van der Waals surface area (Å²) in [5.41, 5.74) is 1.86. The van der Waals surface area contributed by atoms with Gasteiger partial charge in [-0.05, 0) is 56.9 Å². The number of carbonyl (C=O) groups excluding carboxylic acids is 2. The number of Topliss-reactive ketones (excluding diaryl/α,β-unsaturated/α-hetero) is 1. The van der Waals surface area contributed by atoms with Crippen molar-refractivity contribution < 1.29 is 9.59 Å². The maximum Gasteiger partial charge on any atom is 0.227 e. The van der Waals surface area contributed by atoms with Gasteiger partial charge in [-0.3, -0.25) is 14.5 Å². The number of benzene rings is 1. The first-order chi connectivity index (χ1) is 13.1. The molecule has 1 aromatic carbocycles. The van der Waals surface area contributed by atoms with Gasteiger partial charge in [0.2, 0.25) is 5.91 Å². The fraction of sp³-hybridized carbons (Fsp3) is 0.636. The molecule has 0 N–H and O–H groups in total. The molecule has 3 fully saturated rings. The third-order valence-corrected chi connectivity index (χ3v) is 6.61. The first-order valence-electron chi connectivity index (χ1n) is 10.5. The van der Waals surface area contributed by atoms with Gasteiger partial charge in [-0.2, -0.15) is 0 Å². The number of ketones is 1. The molecule has 2 aliphatic heterocycles. The Bertz CT molecular complexity index is 690. The molecule has 1 atom stereocenters. The molecule has 3 aliphatic rings. The van der Waals surface area contributed by atoms with Gasteiger partial charge >= 0.3 is 0 Å². The molecule has 1 aliphatic carbocycles. The van der Waals surface area contributed by atoms with Gasteiger partial charge < -0.3 is 9.80 Å². The van der Waals surface area contributed by atoms with Gasteiger partial charge in [0, 0.05) is 56.6 Å². The molecule has 0 aromatic heterocycles. The van der Waals surface area contributed by atoms with Crippen LogP contribution >= 0.6 is 12.4 Å². The van der Waals surface area contributed by atoms with Gasteiger partial charge in [-0.1, -0.05) is 6.42 Å². The van der Waals surface area contributed by atoms with E-state index < -0.39 is 0 Å². The largest absolute Gasteiger partial charge is 0.371 e. The molecule has 0 unspecified atom stereocenters. The van der Waals surface area contributed by atoms with Crippen molar-refractivity contribution >= 4 is 29.8 Å². The average Bonchev–Trinajstić information content (AvgIpc) is 3.00. The summed E-state index contributed by atoms with van der Waals surface area (Å²) in [7, 11) is 0. The second kappa shape index (κ2) is 9.27. The summed E-state index contributed by atoms with van der Waals surface area (Å²) < 4.78 is 0. The Balaban J connectivity index is 0.00000225. The molecule has 4 rings (SSSR count). The standard InChI is InChI=1S/C22H31N3O2.ClH/c1-17(26)18-6-8-21(9-7-18)25-13-10-19(16-25)22(27)24-12-3-11-23(14-15-24)20-4-2-5-20;/h6-9,19-20H,2-5,10-16H2,1H3;1H/t19-;/m0./s1. The van der Waals surface area contributed by atoms with Crippen molar-refractivity contribution in [2.45, 2.75) is 45.1 Å². The zero-order valence-corrected chi connectivity index (χ0v) is 17.6. The van der Waals surface area contributed by atoms with Crippen LogP contribution in [0.15, 0.2) is 24.3 Å². The predicted molar refractivity (Wildman–Crippen MR) is 114 cm³/mol. The summed E-state index contributed by atoms with van der Waals surface area (Å²) >= 11 is 0. The van der Waals surface area contributed by atoms with E-state index in [0.717, 1.165) is 69.4 Å². The van der Waals surface area contributed by atoms with E-state index in [2.05, 4.69) is 14.7 Å². The van der Waals surface area contributed by atoms with Crippen molar-refractivity contribution in [3.8, 4) is 0 Å². The van der Waals surface area contributed by atoms with E-state index in [1.165, 1.54) is 19.3 Å². The van der Waals surface area contributed by atoms with Crippen molar-refractivity contribution in [1.82, 2.24) is 9.80 Å². The Morgan fingerprint density at radius 2 is 1.64 bits per heavy atom. The molecule has 2 heterocycles. The number of carbonyl (C=O) groups is 2. The van der Waals surface area contributed by atoms with Crippen LogP contribution in [0.3, 0.4) is 0 Å². The summed E-state index contributed by atoms with van der Waals surface area (Å²) in [4.78, 5) is 31.5. The van der Waals surface area contributed by atoms with Crippen LogP contribution in [-0.4, -0.2) is 66.8 Å². The van der Waals surface area contributed by atoms with Crippen LogP contribution in [0.1, 0.15) is 49.4 Å². The highest BCUT2D eigenvalue weighted by Gasteiger charge is 2.33.